The summed E-state index contributed by atoms with van der Waals surface area (Å²) in [5.41, 5.74) is 2.53. The van der Waals surface area contributed by atoms with Crippen LogP contribution in [-0.4, -0.2) is 50.4 Å². The number of carbonyl (C=O) groups excluding carboxylic acids is 2. The average Bonchev–Trinajstić information content (AvgIpc) is 2.90. The van der Waals surface area contributed by atoms with Crippen molar-refractivity contribution in [1.82, 2.24) is 10.2 Å². The van der Waals surface area contributed by atoms with Crippen LogP contribution >= 0.6 is 0 Å². The number of ether oxygens (including phenoxy) is 1. The number of amides is 2. The van der Waals surface area contributed by atoms with E-state index in [2.05, 4.69) is 5.32 Å². The van der Waals surface area contributed by atoms with Crippen molar-refractivity contribution < 1.29 is 22.7 Å². The molecule has 0 aliphatic rings. The largest absolute Gasteiger partial charge is 0.497 e. The molecule has 1 N–H and O–H groups in total. The SMILES string of the molecule is COc1ccc(N(CC(=O)N(Cc2ccccc2C)C(C)C(=O)NC(C)(C)C)S(=O)(=O)c2ccc(C)cc2)cc1. The van der Waals surface area contributed by atoms with Crippen LogP contribution < -0.4 is 14.4 Å². The van der Waals surface area contributed by atoms with Crippen molar-refractivity contribution in [3.8, 4) is 5.75 Å². The predicted octanol–water partition coefficient (Wildman–Crippen LogP) is 4.84. The summed E-state index contributed by atoms with van der Waals surface area (Å²) in [6, 6.07) is 19.7. The number of sulfonamides is 1. The molecule has 0 aliphatic carbocycles. The number of hydrogen-bond acceptors (Lipinski definition) is 5. The lowest BCUT2D eigenvalue weighted by Crippen LogP contribution is -2.54. The average molecular weight is 566 g/mol. The van der Waals surface area contributed by atoms with Gasteiger partial charge in [-0.15, -0.1) is 0 Å². The summed E-state index contributed by atoms with van der Waals surface area (Å²) in [6.07, 6.45) is 0. The molecule has 0 aromatic heterocycles. The Morgan fingerprint density at radius 3 is 2.08 bits per heavy atom. The summed E-state index contributed by atoms with van der Waals surface area (Å²) in [5, 5.41) is 2.94. The van der Waals surface area contributed by atoms with Crippen molar-refractivity contribution >= 4 is 27.5 Å². The number of nitrogens with zero attached hydrogens (tertiary/aromatic N) is 2. The molecule has 214 valence electrons. The van der Waals surface area contributed by atoms with Gasteiger partial charge in [0, 0.05) is 12.1 Å². The maximum atomic E-state index is 14.0. The molecule has 0 spiro atoms. The predicted molar refractivity (Wildman–Crippen MR) is 158 cm³/mol. The zero-order valence-electron chi connectivity index (χ0n) is 24.3. The van der Waals surface area contributed by atoms with Gasteiger partial charge in [-0.2, -0.15) is 0 Å². The Bertz CT molecular complexity index is 1430. The third-order valence-corrected chi connectivity index (χ3v) is 8.30. The monoisotopic (exact) mass is 565 g/mol. The van der Waals surface area contributed by atoms with Crippen LogP contribution in [0.3, 0.4) is 0 Å². The standard InChI is InChI=1S/C31H39N3O5S/c1-22-12-18-28(19-13-22)40(37,38)34(26-14-16-27(39-7)17-15-26)21-29(35)33(20-25-11-9-8-10-23(25)2)24(3)30(36)32-31(4,5)6/h8-19,24H,20-21H2,1-7H3,(H,32,36). The van der Waals surface area contributed by atoms with Crippen LogP contribution in [0, 0.1) is 13.8 Å². The summed E-state index contributed by atoms with van der Waals surface area (Å²) >= 11 is 0. The van der Waals surface area contributed by atoms with Gasteiger partial charge in [-0.25, -0.2) is 8.42 Å². The van der Waals surface area contributed by atoms with Gasteiger partial charge in [-0.3, -0.25) is 13.9 Å². The van der Waals surface area contributed by atoms with Crippen molar-refractivity contribution in [3.63, 3.8) is 0 Å². The van der Waals surface area contributed by atoms with Crippen LogP contribution in [0.4, 0.5) is 5.69 Å². The molecule has 9 heteroatoms. The Kier molecular flexibility index (Phi) is 9.63. The maximum Gasteiger partial charge on any atom is 0.264 e. The van der Waals surface area contributed by atoms with Gasteiger partial charge in [-0.05, 0) is 89.1 Å². The highest BCUT2D eigenvalue weighted by molar-refractivity contribution is 7.92. The second-order valence-corrected chi connectivity index (χ2v) is 12.7. The number of anilines is 1. The van der Waals surface area contributed by atoms with Gasteiger partial charge >= 0.3 is 0 Å². The van der Waals surface area contributed by atoms with Crippen LogP contribution in [0.25, 0.3) is 0 Å². The van der Waals surface area contributed by atoms with Gasteiger partial charge in [0.15, 0.2) is 0 Å². The summed E-state index contributed by atoms with van der Waals surface area (Å²) in [4.78, 5) is 28.7. The van der Waals surface area contributed by atoms with Gasteiger partial charge in [0.2, 0.25) is 11.8 Å². The van der Waals surface area contributed by atoms with Gasteiger partial charge < -0.3 is 15.0 Å². The maximum absolute atomic E-state index is 14.0. The lowest BCUT2D eigenvalue weighted by Gasteiger charge is -2.33. The molecular weight excluding hydrogens is 526 g/mol. The first-order valence-electron chi connectivity index (χ1n) is 13.1. The van der Waals surface area contributed by atoms with Crippen molar-refractivity contribution in [2.24, 2.45) is 0 Å². The molecule has 0 saturated heterocycles. The Labute approximate surface area is 238 Å². The fourth-order valence-corrected chi connectivity index (χ4v) is 5.56. The van der Waals surface area contributed by atoms with Crippen molar-refractivity contribution in [2.75, 3.05) is 18.0 Å². The number of rotatable bonds is 10. The highest BCUT2D eigenvalue weighted by Crippen LogP contribution is 2.27. The lowest BCUT2D eigenvalue weighted by atomic mass is 10.1. The van der Waals surface area contributed by atoms with Crippen molar-refractivity contribution in [3.05, 3.63) is 89.5 Å². The first-order chi connectivity index (χ1) is 18.7. The Morgan fingerprint density at radius 2 is 1.52 bits per heavy atom. The van der Waals surface area contributed by atoms with Gasteiger partial charge in [-0.1, -0.05) is 42.0 Å². The van der Waals surface area contributed by atoms with E-state index in [4.69, 9.17) is 4.74 Å². The molecule has 1 atom stereocenters. The molecule has 0 saturated carbocycles. The zero-order valence-corrected chi connectivity index (χ0v) is 25.1. The summed E-state index contributed by atoms with van der Waals surface area (Å²) < 4.78 is 34.1. The molecule has 2 amide bonds. The van der Waals surface area contributed by atoms with Gasteiger partial charge in [0.1, 0.15) is 18.3 Å². The van der Waals surface area contributed by atoms with E-state index in [-0.39, 0.29) is 17.3 Å². The molecule has 0 bridgehead atoms. The number of aryl methyl sites for hydroxylation is 2. The minimum atomic E-state index is -4.13. The molecule has 3 rings (SSSR count). The molecule has 3 aromatic rings. The van der Waals surface area contributed by atoms with E-state index in [0.29, 0.717) is 11.4 Å². The third kappa shape index (κ3) is 7.63. The topological polar surface area (TPSA) is 96.0 Å². The minimum Gasteiger partial charge on any atom is -0.497 e. The lowest BCUT2D eigenvalue weighted by molar-refractivity contribution is -0.140. The fraction of sp³-hybridized carbons (Fsp3) is 0.355. The zero-order chi connectivity index (χ0) is 29.7. The van der Waals surface area contributed by atoms with E-state index in [9.17, 15) is 18.0 Å². The number of carbonyl (C=O) groups is 2. The summed E-state index contributed by atoms with van der Waals surface area (Å²) in [7, 11) is -2.61. The molecule has 0 aliphatic heterocycles. The van der Waals surface area contributed by atoms with Crippen molar-refractivity contribution in [1.29, 1.82) is 0 Å². The van der Waals surface area contributed by atoms with Crippen LogP contribution in [0.15, 0.2) is 77.7 Å². The van der Waals surface area contributed by atoms with Crippen molar-refractivity contribution in [2.45, 2.75) is 64.6 Å². The van der Waals surface area contributed by atoms with Gasteiger partial charge in [0.25, 0.3) is 10.0 Å². The second-order valence-electron chi connectivity index (χ2n) is 10.9. The van der Waals surface area contributed by atoms with E-state index >= 15 is 0 Å². The van der Waals surface area contributed by atoms with E-state index < -0.39 is 34.1 Å². The molecule has 8 nitrogen and oxygen atoms in total. The molecule has 1 unspecified atom stereocenters. The smallest absolute Gasteiger partial charge is 0.264 e. The molecule has 40 heavy (non-hydrogen) atoms. The number of benzene rings is 3. The summed E-state index contributed by atoms with van der Waals surface area (Å²) in [6.45, 7) is 10.7. The highest BCUT2D eigenvalue weighted by atomic mass is 32.2. The molecular formula is C31H39N3O5S. The van der Waals surface area contributed by atoms with E-state index in [0.717, 1.165) is 21.0 Å². The second kappa shape index (κ2) is 12.6. The molecule has 0 radical (unpaired) electrons. The Hall–Kier alpha value is -3.85. The third-order valence-electron chi connectivity index (χ3n) is 6.52. The fourth-order valence-electron chi connectivity index (χ4n) is 4.14. The minimum absolute atomic E-state index is 0.0608. The first-order valence-corrected chi connectivity index (χ1v) is 14.6. The van der Waals surface area contributed by atoms with Crippen LogP contribution in [-0.2, 0) is 26.2 Å². The van der Waals surface area contributed by atoms with Crippen LogP contribution in [0.2, 0.25) is 0 Å². The van der Waals surface area contributed by atoms with E-state index in [1.165, 1.54) is 24.1 Å². The first kappa shape index (κ1) is 30.7. The van der Waals surface area contributed by atoms with Crippen LogP contribution in [0.1, 0.15) is 44.4 Å². The Balaban J connectivity index is 2.05. The van der Waals surface area contributed by atoms with Gasteiger partial charge in [0.05, 0.1) is 17.7 Å². The summed E-state index contributed by atoms with van der Waals surface area (Å²) in [5.74, 6) is -0.283. The number of methoxy groups -OCH3 is 1. The molecule has 3 aromatic carbocycles. The molecule has 0 heterocycles. The van der Waals surface area contributed by atoms with E-state index in [1.807, 2.05) is 58.9 Å². The quantitative estimate of drug-likeness (QED) is 0.380. The Morgan fingerprint density at radius 1 is 0.925 bits per heavy atom. The number of nitrogens with one attached hydrogen (secondary N) is 1. The van der Waals surface area contributed by atoms with E-state index in [1.54, 1.807) is 43.3 Å². The number of hydrogen-bond donors (Lipinski definition) is 1. The van der Waals surface area contributed by atoms with Crippen LogP contribution in [0.5, 0.6) is 5.75 Å². The normalized spacial score (nSPS) is 12.4. The molecule has 0 fully saturated rings. The highest BCUT2D eigenvalue weighted by Gasteiger charge is 2.33.